The molecule has 0 amide bonds. The van der Waals surface area contributed by atoms with Crippen LogP contribution in [0.4, 0.5) is 0 Å². The van der Waals surface area contributed by atoms with Gasteiger partial charge in [-0.25, -0.2) is 0 Å². The number of hydrogen-bond donors (Lipinski definition) is 1. The molecule has 1 aromatic carbocycles. The van der Waals surface area contributed by atoms with Crippen molar-refractivity contribution in [2.45, 2.75) is 45.6 Å². The maximum Gasteiger partial charge on any atom is 0.00136 e. The van der Waals surface area contributed by atoms with Crippen molar-refractivity contribution in [2.75, 3.05) is 0 Å². The highest BCUT2D eigenvalue weighted by Crippen LogP contribution is 2.09. The molecular formula is C13H21N. The topological polar surface area (TPSA) is 26.0 Å². The Kier molecular flexibility index (Phi) is 4.68. The van der Waals surface area contributed by atoms with E-state index < -0.39 is 0 Å². The minimum atomic E-state index is 0.310. The minimum Gasteiger partial charge on any atom is -0.328 e. The summed E-state index contributed by atoms with van der Waals surface area (Å²) in [7, 11) is 0. The number of benzene rings is 1. The van der Waals surface area contributed by atoms with Crippen LogP contribution in [0.5, 0.6) is 0 Å². The highest BCUT2D eigenvalue weighted by molar-refractivity contribution is 5.22. The van der Waals surface area contributed by atoms with E-state index in [4.69, 9.17) is 5.73 Å². The van der Waals surface area contributed by atoms with Gasteiger partial charge in [0.2, 0.25) is 0 Å². The van der Waals surface area contributed by atoms with E-state index in [1.165, 1.54) is 24.0 Å². The Morgan fingerprint density at radius 1 is 1.07 bits per heavy atom. The van der Waals surface area contributed by atoms with Crippen LogP contribution in [0.25, 0.3) is 0 Å². The van der Waals surface area contributed by atoms with Crippen LogP contribution in [0.2, 0.25) is 0 Å². The molecule has 0 bridgehead atoms. The van der Waals surface area contributed by atoms with Gasteiger partial charge < -0.3 is 5.73 Å². The first-order valence-electron chi connectivity index (χ1n) is 5.55. The SMILES string of the molecule is CCCc1ccc(CCC(C)N)cc1. The maximum absolute atomic E-state index is 5.72. The summed E-state index contributed by atoms with van der Waals surface area (Å²) < 4.78 is 0. The normalized spacial score (nSPS) is 12.8. The van der Waals surface area contributed by atoms with Gasteiger partial charge in [-0.2, -0.15) is 0 Å². The summed E-state index contributed by atoms with van der Waals surface area (Å²) in [6, 6.07) is 9.24. The molecule has 0 heterocycles. The fraction of sp³-hybridized carbons (Fsp3) is 0.538. The third kappa shape index (κ3) is 3.93. The molecule has 0 aromatic heterocycles. The molecule has 1 nitrogen and oxygen atoms in total. The Labute approximate surface area is 87.3 Å². The van der Waals surface area contributed by atoms with Crippen molar-refractivity contribution >= 4 is 0 Å². The van der Waals surface area contributed by atoms with Crippen molar-refractivity contribution in [1.82, 2.24) is 0 Å². The molecule has 0 radical (unpaired) electrons. The largest absolute Gasteiger partial charge is 0.328 e. The quantitative estimate of drug-likeness (QED) is 0.761. The van der Waals surface area contributed by atoms with Crippen molar-refractivity contribution in [3.63, 3.8) is 0 Å². The molecule has 0 fully saturated rings. The van der Waals surface area contributed by atoms with E-state index in [0.29, 0.717) is 6.04 Å². The number of nitrogens with two attached hydrogens (primary N) is 1. The first-order chi connectivity index (χ1) is 6.72. The highest BCUT2D eigenvalue weighted by Gasteiger charge is 1.97. The fourth-order valence-corrected chi connectivity index (χ4v) is 1.56. The zero-order valence-corrected chi connectivity index (χ0v) is 9.29. The van der Waals surface area contributed by atoms with Crippen LogP contribution in [0.15, 0.2) is 24.3 Å². The van der Waals surface area contributed by atoms with Gasteiger partial charge in [-0.1, -0.05) is 37.6 Å². The van der Waals surface area contributed by atoms with E-state index in [9.17, 15) is 0 Å². The average Bonchev–Trinajstić information content (AvgIpc) is 2.17. The molecule has 1 aromatic rings. The first-order valence-corrected chi connectivity index (χ1v) is 5.55. The van der Waals surface area contributed by atoms with E-state index in [1.807, 2.05) is 0 Å². The van der Waals surface area contributed by atoms with E-state index in [2.05, 4.69) is 38.1 Å². The highest BCUT2D eigenvalue weighted by atomic mass is 14.6. The number of rotatable bonds is 5. The molecule has 78 valence electrons. The van der Waals surface area contributed by atoms with Crippen LogP contribution in [0.1, 0.15) is 37.8 Å². The van der Waals surface area contributed by atoms with Gasteiger partial charge in [0, 0.05) is 6.04 Å². The molecule has 0 aliphatic carbocycles. The van der Waals surface area contributed by atoms with Crippen LogP contribution >= 0.6 is 0 Å². The van der Waals surface area contributed by atoms with Crippen molar-refractivity contribution in [3.8, 4) is 0 Å². The van der Waals surface area contributed by atoms with Gasteiger partial charge >= 0.3 is 0 Å². The van der Waals surface area contributed by atoms with E-state index in [1.54, 1.807) is 0 Å². The summed E-state index contributed by atoms with van der Waals surface area (Å²) in [6.45, 7) is 4.27. The third-order valence-electron chi connectivity index (χ3n) is 2.45. The Morgan fingerprint density at radius 2 is 1.57 bits per heavy atom. The average molecular weight is 191 g/mol. The molecule has 1 atom stereocenters. The molecular weight excluding hydrogens is 170 g/mol. The summed E-state index contributed by atoms with van der Waals surface area (Å²) >= 11 is 0. The molecule has 1 unspecified atom stereocenters. The predicted octanol–water partition coefficient (Wildman–Crippen LogP) is 2.92. The molecule has 0 saturated carbocycles. The van der Waals surface area contributed by atoms with E-state index in [-0.39, 0.29) is 0 Å². The van der Waals surface area contributed by atoms with Crippen LogP contribution in [0, 0.1) is 0 Å². The second kappa shape index (κ2) is 5.82. The van der Waals surface area contributed by atoms with Crippen molar-refractivity contribution in [3.05, 3.63) is 35.4 Å². The summed E-state index contributed by atoms with van der Waals surface area (Å²) in [5, 5.41) is 0. The van der Waals surface area contributed by atoms with E-state index in [0.717, 1.165) is 12.8 Å². The summed E-state index contributed by atoms with van der Waals surface area (Å²) in [4.78, 5) is 0. The summed E-state index contributed by atoms with van der Waals surface area (Å²) in [5.74, 6) is 0. The van der Waals surface area contributed by atoms with Gasteiger partial charge in [0.05, 0.1) is 0 Å². The van der Waals surface area contributed by atoms with Gasteiger partial charge in [0.1, 0.15) is 0 Å². The predicted molar refractivity (Wildman–Crippen MR) is 62.4 cm³/mol. The smallest absolute Gasteiger partial charge is 0.00136 e. The van der Waals surface area contributed by atoms with Crippen LogP contribution in [-0.2, 0) is 12.8 Å². The second-order valence-corrected chi connectivity index (χ2v) is 4.08. The van der Waals surface area contributed by atoms with Crippen LogP contribution in [-0.4, -0.2) is 6.04 Å². The Hall–Kier alpha value is -0.820. The summed E-state index contributed by atoms with van der Waals surface area (Å²) in [5.41, 5.74) is 8.56. The molecule has 1 heteroatoms. The molecule has 1 rings (SSSR count). The van der Waals surface area contributed by atoms with E-state index >= 15 is 0 Å². The lowest BCUT2D eigenvalue weighted by molar-refractivity contribution is 0.666. The number of aryl methyl sites for hydroxylation is 2. The molecule has 0 saturated heterocycles. The minimum absolute atomic E-state index is 0.310. The monoisotopic (exact) mass is 191 g/mol. The molecule has 0 spiro atoms. The molecule has 0 aliphatic heterocycles. The van der Waals surface area contributed by atoms with Gasteiger partial charge in [-0.3, -0.25) is 0 Å². The second-order valence-electron chi connectivity index (χ2n) is 4.08. The molecule has 2 N–H and O–H groups in total. The van der Waals surface area contributed by atoms with Gasteiger partial charge in [-0.05, 0) is 37.3 Å². The lowest BCUT2D eigenvalue weighted by Crippen LogP contribution is -2.15. The Bertz CT molecular complexity index is 248. The third-order valence-corrected chi connectivity index (χ3v) is 2.45. The lowest BCUT2D eigenvalue weighted by atomic mass is 10.0. The van der Waals surface area contributed by atoms with Crippen molar-refractivity contribution in [2.24, 2.45) is 5.73 Å². The van der Waals surface area contributed by atoms with Crippen LogP contribution < -0.4 is 5.73 Å². The Morgan fingerprint density at radius 3 is 2.00 bits per heavy atom. The fourth-order valence-electron chi connectivity index (χ4n) is 1.56. The van der Waals surface area contributed by atoms with Crippen LogP contribution in [0.3, 0.4) is 0 Å². The van der Waals surface area contributed by atoms with Crippen molar-refractivity contribution in [1.29, 1.82) is 0 Å². The summed E-state index contributed by atoms with van der Waals surface area (Å²) in [6.07, 6.45) is 4.59. The van der Waals surface area contributed by atoms with Gasteiger partial charge in [-0.15, -0.1) is 0 Å². The first kappa shape index (κ1) is 11.3. The molecule has 14 heavy (non-hydrogen) atoms. The zero-order valence-electron chi connectivity index (χ0n) is 9.29. The maximum atomic E-state index is 5.72. The van der Waals surface area contributed by atoms with Crippen molar-refractivity contribution < 1.29 is 0 Å². The van der Waals surface area contributed by atoms with Gasteiger partial charge in [0.15, 0.2) is 0 Å². The number of hydrogen-bond acceptors (Lipinski definition) is 1. The standard InChI is InChI=1S/C13H21N/c1-3-4-12-7-9-13(10-8-12)6-5-11(2)14/h7-11H,3-6,14H2,1-2H3. The molecule has 0 aliphatic rings. The Balaban J connectivity index is 2.46. The zero-order chi connectivity index (χ0) is 10.4. The lowest BCUT2D eigenvalue weighted by Gasteiger charge is -2.05. The van der Waals surface area contributed by atoms with Gasteiger partial charge in [0.25, 0.3) is 0 Å².